The summed E-state index contributed by atoms with van der Waals surface area (Å²) in [4.78, 5) is 11.1. The van der Waals surface area contributed by atoms with Crippen molar-refractivity contribution in [2.24, 2.45) is 0 Å². The molecule has 0 saturated carbocycles. The summed E-state index contributed by atoms with van der Waals surface area (Å²) in [6, 6.07) is 2.89. The Morgan fingerprint density at radius 1 is 1.48 bits per heavy atom. The van der Waals surface area contributed by atoms with Crippen LogP contribution in [0, 0.1) is 5.82 Å². The smallest absolute Gasteiger partial charge is 0.265 e. The third-order valence-corrected chi connectivity index (χ3v) is 4.00. The molecule has 1 atom stereocenters. The molecule has 118 valence electrons. The van der Waals surface area contributed by atoms with E-state index in [9.17, 15) is 17.6 Å². The second kappa shape index (κ2) is 7.61. The number of hydrogen-bond acceptors (Lipinski definition) is 4. The standard InChI is InChI=1S/C13H17ClFNO4S/c1-3-4-9(2)16-13(17)8-20-11-6-5-10(15)7-12(11)21(14,18)19/h5-7,9H,3-4,8H2,1-2H3,(H,16,17). The molecule has 0 saturated heterocycles. The predicted octanol–water partition coefficient (Wildman–Crippen LogP) is 2.44. The largest absolute Gasteiger partial charge is 0.482 e. The van der Waals surface area contributed by atoms with Gasteiger partial charge in [-0.1, -0.05) is 13.3 Å². The van der Waals surface area contributed by atoms with Crippen molar-refractivity contribution in [2.75, 3.05) is 6.61 Å². The molecule has 5 nitrogen and oxygen atoms in total. The fourth-order valence-corrected chi connectivity index (χ4v) is 2.74. The van der Waals surface area contributed by atoms with E-state index >= 15 is 0 Å². The van der Waals surface area contributed by atoms with Crippen molar-refractivity contribution in [3.8, 4) is 5.75 Å². The van der Waals surface area contributed by atoms with Crippen LogP contribution in [0.15, 0.2) is 23.1 Å². The molecule has 1 unspecified atom stereocenters. The number of rotatable bonds is 7. The first-order chi connectivity index (χ1) is 9.74. The molecule has 21 heavy (non-hydrogen) atoms. The number of hydrogen-bond donors (Lipinski definition) is 1. The molecule has 0 aliphatic heterocycles. The Kier molecular flexibility index (Phi) is 6.42. The van der Waals surface area contributed by atoms with E-state index in [0.29, 0.717) is 0 Å². The molecule has 0 bridgehead atoms. The second-order valence-corrected chi connectivity index (χ2v) is 7.11. The summed E-state index contributed by atoms with van der Waals surface area (Å²) >= 11 is 0. The van der Waals surface area contributed by atoms with Crippen molar-refractivity contribution in [3.63, 3.8) is 0 Å². The van der Waals surface area contributed by atoms with Gasteiger partial charge in [-0.25, -0.2) is 12.8 Å². The molecule has 1 aromatic rings. The van der Waals surface area contributed by atoms with Gasteiger partial charge in [0, 0.05) is 16.7 Å². The van der Waals surface area contributed by atoms with Crippen LogP contribution in [0.4, 0.5) is 4.39 Å². The molecule has 0 aliphatic rings. The number of benzene rings is 1. The minimum absolute atomic E-state index is 0.00412. The summed E-state index contributed by atoms with van der Waals surface area (Å²) in [5.41, 5.74) is 0. The molecule has 1 amide bonds. The fraction of sp³-hybridized carbons (Fsp3) is 0.462. The van der Waals surface area contributed by atoms with Crippen molar-refractivity contribution in [3.05, 3.63) is 24.0 Å². The van der Waals surface area contributed by atoms with Gasteiger partial charge in [-0.15, -0.1) is 0 Å². The fourth-order valence-electron chi connectivity index (χ4n) is 1.76. The lowest BCUT2D eigenvalue weighted by Crippen LogP contribution is -2.36. The summed E-state index contributed by atoms with van der Waals surface area (Å²) in [6.07, 6.45) is 1.75. The van der Waals surface area contributed by atoms with Crippen molar-refractivity contribution in [1.29, 1.82) is 0 Å². The number of carbonyl (C=O) groups is 1. The number of carbonyl (C=O) groups excluding carboxylic acids is 1. The van der Waals surface area contributed by atoms with E-state index in [2.05, 4.69) is 5.32 Å². The van der Waals surface area contributed by atoms with Crippen molar-refractivity contribution < 1.29 is 22.3 Å². The molecule has 8 heteroatoms. The quantitative estimate of drug-likeness (QED) is 0.776. The van der Waals surface area contributed by atoms with E-state index in [1.165, 1.54) is 0 Å². The summed E-state index contributed by atoms with van der Waals surface area (Å²) in [5, 5.41) is 2.70. The normalized spacial score (nSPS) is 12.8. The lowest BCUT2D eigenvalue weighted by molar-refractivity contribution is -0.123. The molecule has 0 radical (unpaired) electrons. The molecule has 0 fully saturated rings. The molecule has 0 aliphatic carbocycles. The third kappa shape index (κ3) is 5.89. The zero-order valence-electron chi connectivity index (χ0n) is 11.7. The van der Waals surface area contributed by atoms with Crippen molar-refractivity contribution >= 4 is 25.6 Å². The van der Waals surface area contributed by atoms with Gasteiger partial charge in [0.1, 0.15) is 16.5 Å². The van der Waals surface area contributed by atoms with Gasteiger partial charge in [-0.05, 0) is 31.5 Å². The SMILES string of the molecule is CCCC(C)NC(=O)COc1ccc(F)cc1S(=O)(=O)Cl. The average Bonchev–Trinajstić information content (AvgIpc) is 2.36. The Labute approximate surface area is 127 Å². The first-order valence-electron chi connectivity index (χ1n) is 6.40. The van der Waals surface area contributed by atoms with Crippen LogP contribution in [-0.2, 0) is 13.8 Å². The van der Waals surface area contributed by atoms with Gasteiger partial charge in [0.25, 0.3) is 15.0 Å². The Morgan fingerprint density at radius 2 is 2.14 bits per heavy atom. The number of halogens is 2. The molecule has 0 heterocycles. The highest BCUT2D eigenvalue weighted by Gasteiger charge is 2.19. The van der Waals surface area contributed by atoms with Gasteiger partial charge >= 0.3 is 0 Å². The molecule has 1 aromatic carbocycles. The van der Waals surface area contributed by atoms with E-state index in [-0.39, 0.29) is 18.4 Å². The van der Waals surface area contributed by atoms with Gasteiger partial charge in [0.15, 0.2) is 6.61 Å². The minimum atomic E-state index is -4.16. The van der Waals surface area contributed by atoms with Gasteiger partial charge in [0.05, 0.1) is 0 Å². The van der Waals surface area contributed by atoms with Crippen LogP contribution in [0.25, 0.3) is 0 Å². The number of ether oxygens (including phenoxy) is 1. The Hall–Kier alpha value is -1.34. The van der Waals surface area contributed by atoms with Gasteiger partial charge < -0.3 is 10.1 Å². The van der Waals surface area contributed by atoms with E-state index in [1.807, 2.05) is 13.8 Å². The van der Waals surface area contributed by atoms with E-state index in [4.69, 9.17) is 15.4 Å². The van der Waals surface area contributed by atoms with Crippen LogP contribution in [-0.4, -0.2) is 27.0 Å². The third-order valence-electron chi connectivity index (χ3n) is 2.66. The molecule has 1 N–H and O–H groups in total. The first-order valence-corrected chi connectivity index (χ1v) is 8.71. The van der Waals surface area contributed by atoms with Gasteiger partial charge in [-0.2, -0.15) is 0 Å². The van der Waals surface area contributed by atoms with Crippen LogP contribution in [0.1, 0.15) is 26.7 Å². The maximum atomic E-state index is 13.1. The lowest BCUT2D eigenvalue weighted by atomic mass is 10.2. The maximum Gasteiger partial charge on any atom is 0.265 e. The Morgan fingerprint density at radius 3 is 2.71 bits per heavy atom. The minimum Gasteiger partial charge on any atom is -0.482 e. The highest BCUT2D eigenvalue weighted by atomic mass is 35.7. The average molecular weight is 338 g/mol. The molecule has 0 aromatic heterocycles. The molecule has 0 spiro atoms. The predicted molar refractivity (Wildman–Crippen MR) is 77.4 cm³/mol. The maximum absolute atomic E-state index is 13.1. The van der Waals surface area contributed by atoms with Gasteiger partial charge in [0.2, 0.25) is 0 Å². The lowest BCUT2D eigenvalue weighted by Gasteiger charge is -2.14. The van der Waals surface area contributed by atoms with E-state index in [1.54, 1.807) is 0 Å². The number of nitrogens with one attached hydrogen (secondary N) is 1. The summed E-state index contributed by atoms with van der Waals surface area (Å²) < 4.78 is 40.9. The molecule has 1 rings (SSSR count). The summed E-state index contributed by atoms with van der Waals surface area (Å²) in [5.74, 6) is -1.31. The van der Waals surface area contributed by atoms with Gasteiger partial charge in [-0.3, -0.25) is 4.79 Å². The van der Waals surface area contributed by atoms with Crippen molar-refractivity contribution in [2.45, 2.75) is 37.6 Å². The zero-order valence-corrected chi connectivity index (χ0v) is 13.3. The van der Waals surface area contributed by atoms with E-state index < -0.39 is 25.7 Å². The van der Waals surface area contributed by atoms with Crippen molar-refractivity contribution in [1.82, 2.24) is 5.32 Å². The monoisotopic (exact) mass is 337 g/mol. The van der Waals surface area contributed by atoms with Crippen LogP contribution >= 0.6 is 10.7 Å². The zero-order chi connectivity index (χ0) is 16.0. The summed E-state index contributed by atoms with van der Waals surface area (Å²) in [6.45, 7) is 3.47. The highest BCUT2D eigenvalue weighted by molar-refractivity contribution is 8.13. The second-order valence-electron chi connectivity index (χ2n) is 4.57. The topological polar surface area (TPSA) is 72.5 Å². The summed E-state index contributed by atoms with van der Waals surface area (Å²) in [7, 11) is 1.04. The van der Waals surface area contributed by atoms with Crippen LogP contribution in [0.3, 0.4) is 0 Å². The molecular formula is C13H17ClFNO4S. The van der Waals surface area contributed by atoms with Crippen LogP contribution in [0.2, 0.25) is 0 Å². The Balaban J connectivity index is 2.74. The Bertz CT molecular complexity index is 606. The molecular weight excluding hydrogens is 321 g/mol. The highest BCUT2D eigenvalue weighted by Crippen LogP contribution is 2.27. The first kappa shape index (κ1) is 17.7. The number of amides is 1. The van der Waals surface area contributed by atoms with Crippen LogP contribution < -0.4 is 10.1 Å². The van der Waals surface area contributed by atoms with Crippen LogP contribution in [0.5, 0.6) is 5.75 Å². The van der Waals surface area contributed by atoms with E-state index in [0.717, 1.165) is 31.0 Å².